The van der Waals surface area contributed by atoms with Gasteiger partial charge in [0.2, 0.25) is 0 Å². The van der Waals surface area contributed by atoms with Crippen LogP contribution in [-0.2, 0) is 0 Å². The Morgan fingerprint density at radius 2 is 2.04 bits per heavy atom. The summed E-state index contributed by atoms with van der Waals surface area (Å²) in [6, 6.07) is 7.26. The Bertz CT molecular complexity index is 693. The molecule has 3 rings (SSSR count). The Hall–Kier alpha value is -2.05. The van der Waals surface area contributed by atoms with Gasteiger partial charge in [-0.1, -0.05) is 25.4 Å². The molecule has 3 N–H and O–H groups in total. The summed E-state index contributed by atoms with van der Waals surface area (Å²) >= 11 is 6.20. The van der Waals surface area contributed by atoms with Crippen molar-refractivity contribution in [1.29, 1.82) is 0 Å². The molecule has 0 spiro atoms. The molecular weight excluding hydrogens is 316 g/mol. The summed E-state index contributed by atoms with van der Waals surface area (Å²) < 4.78 is 5.73. The highest BCUT2D eigenvalue weighted by atomic mass is 35.5. The van der Waals surface area contributed by atoms with Crippen LogP contribution in [0.5, 0.6) is 5.75 Å². The van der Waals surface area contributed by atoms with E-state index in [1.807, 2.05) is 26.0 Å². The molecule has 1 saturated heterocycles. The SMILES string of the molecule is CC(C)c1[nH]nc(C(=O)Nc2ccc(OC3CNC3)cc2)c1Cl. The maximum Gasteiger partial charge on any atom is 0.277 e. The van der Waals surface area contributed by atoms with E-state index in [4.69, 9.17) is 16.3 Å². The summed E-state index contributed by atoms with van der Waals surface area (Å²) in [5.41, 5.74) is 1.63. The van der Waals surface area contributed by atoms with Crippen molar-refractivity contribution < 1.29 is 9.53 Å². The molecule has 6 nitrogen and oxygen atoms in total. The van der Waals surface area contributed by atoms with Gasteiger partial charge in [-0.2, -0.15) is 5.10 Å². The third-order valence-electron chi connectivity index (χ3n) is 3.68. The molecule has 0 aliphatic carbocycles. The Kier molecular flexibility index (Phi) is 4.54. The Morgan fingerprint density at radius 3 is 2.57 bits per heavy atom. The first-order valence-electron chi connectivity index (χ1n) is 7.57. The Morgan fingerprint density at radius 1 is 1.35 bits per heavy atom. The molecule has 122 valence electrons. The molecule has 1 aliphatic heterocycles. The third kappa shape index (κ3) is 3.48. The summed E-state index contributed by atoms with van der Waals surface area (Å²) in [4.78, 5) is 12.3. The van der Waals surface area contributed by atoms with Crippen molar-refractivity contribution in [3.8, 4) is 5.75 Å². The molecule has 0 bridgehead atoms. The number of nitrogens with zero attached hydrogens (tertiary/aromatic N) is 1. The topological polar surface area (TPSA) is 79.0 Å². The van der Waals surface area contributed by atoms with E-state index in [1.54, 1.807) is 12.1 Å². The molecule has 0 atom stereocenters. The van der Waals surface area contributed by atoms with Gasteiger partial charge in [0.25, 0.3) is 5.91 Å². The zero-order valence-electron chi connectivity index (χ0n) is 13.0. The van der Waals surface area contributed by atoms with Crippen LogP contribution in [0.3, 0.4) is 0 Å². The van der Waals surface area contributed by atoms with Crippen molar-refractivity contribution >= 4 is 23.2 Å². The second kappa shape index (κ2) is 6.60. The van der Waals surface area contributed by atoms with Crippen LogP contribution in [0.1, 0.15) is 35.9 Å². The predicted octanol–water partition coefficient (Wildman–Crippen LogP) is 2.79. The van der Waals surface area contributed by atoms with Crippen LogP contribution < -0.4 is 15.4 Å². The summed E-state index contributed by atoms with van der Waals surface area (Å²) in [6.45, 7) is 5.71. The van der Waals surface area contributed by atoms with Crippen molar-refractivity contribution in [2.24, 2.45) is 0 Å². The zero-order valence-corrected chi connectivity index (χ0v) is 13.8. The van der Waals surface area contributed by atoms with Crippen LogP contribution in [0.4, 0.5) is 5.69 Å². The number of hydrogen-bond donors (Lipinski definition) is 3. The number of nitrogens with one attached hydrogen (secondary N) is 3. The number of halogens is 1. The average Bonchev–Trinajstić information content (AvgIpc) is 2.86. The highest BCUT2D eigenvalue weighted by molar-refractivity contribution is 6.34. The first-order chi connectivity index (χ1) is 11.0. The second-order valence-corrected chi connectivity index (χ2v) is 6.21. The number of ether oxygens (including phenoxy) is 1. The number of rotatable bonds is 5. The van der Waals surface area contributed by atoms with Gasteiger partial charge >= 0.3 is 0 Å². The fraction of sp³-hybridized carbons (Fsp3) is 0.375. The summed E-state index contributed by atoms with van der Waals surface area (Å²) in [5, 5.41) is 13.1. The van der Waals surface area contributed by atoms with E-state index in [0.29, 0.717) is 10.7 Å². The lowest BCUT2D eigenvalue weighted by Crippen LogP contribution is -2.50. The molecular formula is C16H19ClN4O2. The maximum absolute atomic E-state index is 12.3. The van der Waals surface area contributed by atoms with Gasteiger partial charge in [-0.3, -0.25) is 9.89 Å². The van der Waals surface area contributed by atoms with E-state index in [-0.39, 0.29) is 23.6 Å². The number of H-pyrrole nitrogens is 1. The minimum atomic E-state index is -0.338. The van der Waals surface area contributed by atoms with Gasteiger partial charge in [0.15, 0.2) is 5.69 Å². The van der Waals surface area contributed by atoms with Crippen LogP contribution in [0.2, 0.25) is 5.02 Å². The van der Waals surface area contributed by atoms with Gasteiger partial charge in [-0.15, -0.1) is 0 Å². The summed E-state index contributed by atoms with van der Waals surface area (Å²) in [7, 11) is 0. The van der Waals surface area contributed by atoms with E-state index in [1.165, 1.54) is 0 Å². The van der Waals surface area contributed by atoms with Crippen LogP contribution >= 0.6 is 11.6 Å². The van der Waals surface area contributed by atoms with E-state index in [0.717, 1.165) is 24.5 Å². The number of carbonyl (C=O) groups is 1. The normalized spacial score (nSPS) is 14.6. The standard InChI is InChI=1S/C16H19ClN4O2/c1-9(2)14-13(17)15(21-20-14)16(22)19-10-3-5-11(6-4-10)23-12-7-18-8-12/h3-6,9,12,18H,7-8H2,1-2H3,(H,19,22)(H,20,21). The molecule has 1 aromatic carbocycles. The van der Waals surface area contributed by atoms with Crippen molar-refractivity contribution in [3.63, 3.8) is 0 Å². The van der Waals surface area contributed by atoms with Crippen LogP contribution in [0.15, 0.2) is 24.3 Å². The number of amides is 1. The summed E-state index contributed by atoms with van der Waals surface area (Å²) in [6.07, 6.45) is 0.229. The number of benzene rings is 1. The molecule has 2 heterocycles. The van der Waals surface area contributed by atoms with Gasteiger partial charge in [-0.05, 0) is 30.2 Å². The zero-order chi connectivity index (χ0) is 16.4. The Labute approximate surface area is 139 Å². The first kappa shape index (κ1) is 15.8. The minimum Gasteiger partial charge on any atom is -0.488 e. The van der Waals surface area contributed by atoms with Crippen molar-refractivity contribution in [3.05, 3.63) is 40.7 Å². The molecule has 23 heavy (non-hydrogen) atoms. The average molecular weight is 335 g/mol. The number of anilines is 1. The highest BCUT2D eigenvalue weighted by Gasteiger charge is 2.20. The number of hydrogen-bond acceptors (Lipinski definition) is 4. The minimum absolute atomic E-state index is 0.175. The quantitative estimate of drug-likeness (QED) is 0.785. The lowest BCUT2D eigenvalue weighted by atomic mass is 10.1. The summed E-state index contributed by atoms with van der Waals surface area (Å²) in [5.74, 6) is 0.624. The van der Waals surface area contributed by atoms with Gasteiger partial charge in [0, 0.05) is 18.8 Å². The van der Waals surface area contributed by atoms with Gasteiger partial charge < -0.3 is 15.4 Å². The number of carbonyl (C=O) groups excluding carboxylic acids is 1. The molecule has 7 heteroatoms. The first-order valence-corrected chi connectivity index (χ1v) is 7.95. The van der Waals surface area contributed by atoms with Gasteiger partial charge in [0.05, 0.1) is 10.7 Å². The third-order valence-corrected chi connectivity index (χ3v) is 4.07. The molecule has 0 unspecified atom stereocenters. The molecule has 1 aliphatic rings. The molecule has 2 aromatic rings. The lowest BCUT2D eigenvalue weighted by molar-refractivity contribution is 0.102. The van der Waals surface area contributed by atoms with Gasteiger partial charge in [0.1, 0.15) is 11.9 Å². The van der Waals surface area contributed by atoms with E-state index in [2.05, 4.69) is 20.8 Å². The molecule has 1 amide bonds. The van der Waals surface area contributed by atoms with Crippen molar-refractivity contribution in [2.75, 3.05) is 18.4 Å². The van der Waals surface area contributed by atoms with E-state index in [9.17, 15) is 4.79 Å². The lowest BCUT2D eigenvalue weighted by Gasteiger charge is -2.27. The predicted molar refractivity (Wildman–Crippen MR) is 89.4 cm³/mol. The highest BCUT2D eigenvalue weighted by Crippen LogP contribution is 2.26. The number of aromatic nitrogens is 2. The van der Waals surface area contributed by atoms with Crippen LogP contribution in [-0.4, -0.2) is 35.3 Å². The van der Waals surface area contributed by atoms with Gasteiger partial charge in [-0.25, -0.2) is 0 Å². The largest absolute Gasteiger partial charge is 0.488 e. The Balaban J connectivity index is 1.65. The van der Waals surface area contributed by atoms with E-state index < -0.39 is 0 Å². The monoisotopic (exact) mass is 334 g/mol. The van der Waals surface area contributed by atoms with Crippen molar-refractivity contribution in [1.82, 2.24) is 15.5 Å². The molecule has 0 saturated carbocycles. The molecule has 1 fully saturated rings. The fourth-order valence-corrected chi connectivity index (χ4v) is 2.61. The molecule has 1 aromatic heterocycles. The smallest absolute Gasteiger partial charge is 0.277 e. The maximum atomic E-state index is 12.3. The fourth-order valence-electron chi connectivity index (χ4n) is 2.22. The van der Waals surface area contributed by atoms with Crippen LogP contribution in [0.25, 0.3) is 0 Å². The van der Waals surface area contributed by atoms with Crippen LogP contribution in [0, 0.1) is 0 Å². The molecule has 0 radical (unpaired) electrons. The number of aromatic amines is 1. The van der Waals surface area contributed by atoms with Crippen molar-refractivity contribution in [2.45, 2.75) is 25.9 Å². The van der Waals surface area contributed by atoms with E-state index >= 15 is 0 Å². The second-order valence-electron chi connectivity index (χ2n) is 5.83.